The maximum Gasteiger partial charge on any atom is 0.310 e. The zero-order chi connectivity index (χ0) is 17.4. The summed E-state index contributed by atoms with van der Waals surface area (Å²) in [7, 11) is 0. The smallest absolute Gasteiger partial charge is 0.310 e. The van der Waals surface area contributed by atoms with Gasteiger partial charge < -0.3 is 9.52 Å². The summed E-state index contributed by atoms with van der Waals surface area (Å²) in [6, 6.07) is 15.2. The van der Waals surface area contributed by atoms with Crippen molar-refractivity contribution in [3.05, 3.63) is 77.0 Å². The highest BCUT2D eigenvalue weighted by atomic mass is 16.5. The summed E-state index contributed by atoms with van der Waals surface area (Å²) in [5.74, 6) is -0.0985. The van der Waals surface area contributed by atoms with Crippen molar-refractivity contribution >= 4 is 23.5 Å². The van der Waals surface area contributed by atoms with Crippen LogP contribution in [0.1, 0.15) is 22.4 Å². The zero-order valence-electron chi connectivity index (χ0n) is 13.6. The third kappa shape index (κ3) is 2.68. The van der Waals surface area contributed by atoms with Crippen molar-refractivity contribution in [3.63, 3.8) is 0 Å². The topological polar surface area (TPSA) is 63.3 Å². The molecule has 0 bridgehead atoms. The van der Waals surface area contributed by atoms with Gasteiger partial charge in [-0.3, -0.25) is 4.79 Å². The molecule has 0 fully saturated rings. The first-order valence-electron chi connectivity index (χ1n) is 7.93. The maximum atomic E-state index is 12.3. The Balaban J connectivity index is 1.82. The van der Waals surface area contributed by atoms with Crippen molar-refractivity contribution in [1.29, 1.82) is 0 Å². The molecule has 1 aliphatic rings. The Kier molecular flexibility index (Phi) is 3.58. The van der Waals surface area contributed by atoms with E-state index in [4.69, 9.17) is 4.42 Å². The SMILES string of the molecule is Cc1ccccc1-c1nc(C=C2C(=O)C=Cc3ccccc32)c(O)o1. The van der Waals surface area contributed by atoms with Gasteiger partial charge in [-0.05, 0) is 41.8 Å². The second kappa shape index (κ2) is 5.91. The Hall–Kier alpha value is -3.40. The number of allylic oxidation sites excluding steroid dienone is 2. The molecule has 4 nitrogen and oxygen atoms in total. The van der Waals surface area contributed by atoms with E-state index in [0.29, 0.717) is 11.5 Å². The minimum atomic E-state index is -0.300. The third-order valence-corrected chi connectivity index (χ3v) is 4.22. The normalized spacial score (nSPS) is 14.8. The molecule has 2 aromatic carbocycles. The van der Waals surface area contributed by atoms with E-state index < -0.39 is 0 Å². The second-order valence-electron chi connectivity index (χ2n) is 5.87. The molecule has 1 aliphatic carbocycles. The fourth-order valence-electron chi connectivity index (χ4n) is 2.91. The third-order valence-electron chi connectivity index (χ3n) is 4.22. The summed E-state index contributed by atoms with van der Waals surface area (Å²) in [6.07, 6.45) is 4.88. The van der Waals surface area contributed by atoms with Crippen molar-refractivity contribution in [1.82, 2.24) is 4.98 Å². The van der Waals surface area contributed by atoms with Crippen LogP contribution in [0.2, 0.25) is 0 Å². The van der Waals surface area contributed by atoms with E-state index >= 15 is 0 Å². The zero-order valence-corrected chi connectivity index (χ0v) is 13.6. The van der Waals surface area contributed by atoms with Gasteiger partial charge in [0, 0.05) is 11.1 Å². The monoisotopic (exact) mass is 329 g/mol. The van der Waals surface area contributed by atoms with E-state index in [1.54, 1.807) is 12.2 Å². The van der Waals surface area contributed by atoms with Crippen LogP contribution in [0.3, 0.4) is 0 Å². The maximum absolute atomic E-state index is 12.3. The molecule has 0 aliphatic heterocycles. The molecule has 0 unspecified atom stereocenters. The molecule has 1 N–H and O–H groups in total. The molecule has 25 heavy (non-hydrogen) atoms. The minimum Gasteiger partial charge on any atom is -0.479 e. The Morgan fingerprint density at radius 1 is 1.00 bits per heavy atom. The number of oxazole rings is 1. The predicted octanol–water partition coefficient (Wildman–Crippen LogP) is 4.49. The molecule has 4 rings (SSSR count). The minimum absolute atomic E-state index is 0.126. The Labute approximate surface area is 144 Å². The van der Waals surface area contributed by atoms with E-state index in [9.17, 15) is 9.90 Å². The van der Waals surface area contributed by atoms with Gasteiger partial charge in [0.25, 0.3) is 0 Å². The van der Waals surface area contributed by atoms with Crippen molar-refractivity contribution in [3.8, 4) is 17.4 Å². The van der Waals surface area contributed by atoms with E-state index in [2.05, 4.69) is 4.98 Å². The van der Waals surface area contributed by atoms with Gasteiger partial charge in [0.15, 0.2) is 5.78 Å². The number of fused-ring (bicyclic) bond motifs is 1. The molecule has 122 valence electrons. The van der Waals surface area contributed by atoms with Crippen molar-refractivity contribution in [2.75, 3.05) is 0 Å². The summed E-state index contributed by atoms with van der Waals surface area (Å²) < 4.78 is 5.42. The molecule has 4 heteroatoms. The van der Waals surface area contributed by atoms with Crippen LogP contribution in [0.5, 0.6) is 5.95 Å². The number of rotatable bonds is 2. The van der Waals surface area contributed by atoms with Crippen molar-refractivity contribution < 1.29 is 14.3 Å². The summed E-state index contributed by atoms with van der Waals surface area (Å²) in [6.45, 7) is 1.94. The molecule has 0 radical (unpaired) electrons. The van der Waals surface area contributed by atoms with Crippen LogP contribution in [0.25, 0.3) is 29.2 Å². The number of hydrogen-bond donors (Lipinski definition) is 1. The number of benzene rings is 2. The molecule has 0 atom stereocenters. The number of carbonyl (C=O) groups is 1. The molecular formula is C21H15NO3. The van der Waals surface area contributed by atoms with Gasteiger partial charge >= 0.3 is 5.95 Å². The van der Waals surface area contributed by atoms with Gasteiger partial charge in [0.2, 0.25) is 5.89 Å². The number of ketones is 1. The molecule has 0 spiro atoms. The van der Waals surface area contributed by atoms with E-state index in [-0.39, 0.29) is 17.4 Å². The summed E-state index contributed by atoms with van der Waals surface area (Å²) in [5.41, 5.74) is 4.29. The van der Waals surface area contributed by atoms with Gasteiger partial charge in [0.1, 0.15) is 5.69 Å². The first kappa shape index (κ1) is 15.1. The Morgan fingerprint density at radius 3 is 2.52 bits per heavy atom. The van der Waals surface area contributed by atoms with Crippen LogP contribution in [0.15, 0.2) is 59.0 Å². The van der Waals surface area contributed by atoms with Crippen molar-refractivity contribution in [2.45, 2.75) is 6.92 Å². The molecule has 0 saturated heterocycles. The van der Waals surface area contributed by atoms with Crippen molar-refractivity contribution in [2.24, 2.45) is 0 Å². The lowest BCUT2D eigenvalue weighted by Gasteiger charge is -2.12. The van der Waals surface area contributed by atoms with Crippen LogP contribution >= 0.6 is 0 Å². The highest BCUT2D eigenvalue weighted by Gasteiger charge is 2.20. The first-order valence-corrected chi connectivity index (χ1v) is 7.93. The van der Waals surface area contributed by atoms with Crippen LogP contribution in [-0.4, -0.2) is 15.9 Å². The summed E-state index contributed by atoms with van der Waals surface area (Å²) in [4.78, 5) is 16.7. The van der Waals surface area contributed by atoms with E-state index in [0.717, 1.165) is 22.3 Å². The number of aromatic hydroxyl groups is 1. The van der Waals surface area contributed by atoms with Crippen LogP contribution in [0, 0.1) is 6.92 Å². The Bertz CT molecular complexity index is 1040. The van der Waals surface area contributed by atoms with Gasteiger partial charge in [-0.15, -0.1) is 0 Å². The summed E-state index contributed by atoms with van der Waals surface area (Å²) >= 11 is 0. The van der Waals surface area contributed by atoms with Crippen LogP contribution in [0.4, 0.5) is 0 Å². The van der Waals surface area contributed by atoms with Crippen LogP contribution in [-0.2, 0) is 4.79 Å². The Morgan fingerprint density at radius 2 is 1.72 bits per heavy atom. The highest BCUT2D eigenvalue weighted by Crippen LogP contribution is 2.33. The van der Waals surface area contributed by atoms with Gasteiger partial charge in [-0.2, -0.15) is 0 Å². The molecule has 3 aromatic rings. The number of nitrogens with zero attached hydrogens (tertiary/aromatic N) is 1. The highest BCUT2D eigenvalue weighted by molar-refractivity contribution is 6.33. The standard InChI is InChI=1S/C21H15NO3/c1-13-6-2-4-8-15(13)20-22-18(21(24)25-20)12-17-16-9-5-3-7-14(16)10-11-19(17)23/h2-12,24H,1H3. The molecule has 1 aromatic heterocycles. The molecule has 0 amide bonds. The molecule has 0 saturated carbocycles. The largest absolute Gasteiger partial charge is 0.479 e. The van der Waals surface area contributed by atoms with Gasteiger partial charge in [-0.25, -0.2) is 4.98 Å². The molecular weight excluding hydrogens is 314 g/mol. The first-order chi connectivity index (χ1) is 12.1. The lowest BCUT2D eigenvalue weighted by atomic mass is 9.91. The fourth-order valence-corrected chi connectivity index (χ4v) is 2.91. The second-order valence-corrected chi connectivity index (χ2v) is 5.87. The van der Waals surface area contributed by atoms with Gasteiger partial charge in [-0.1, -0.05) is 48.5 Å². The lowest BCUT2D eigenvalue weighted by molar-refractivity contribution is -0.109. The quantitative estimate of drug-likeness (QED) is 0.704. The summed E-state index contributed by atoms with van der Waals surface area (Å²) in [5, 5.41) is 10.1. The van der Waals surface area contributed by atoms with Crippen LogP contribution < -0.4 is 0 Å². The average molecular weight is 329 g/mol. The van der Waals surface area contributed by atoms with Gasteiger partial charge in [0.05, 0.1) is 0 Å². The number of aromatic nitrogens is 1. The number of carbonyl (C=O) groups excluding carboxylic acids is 1. The number of hydrogen-bond acceptors (Lipinski definition) is 4. The van der Waals surface area contributed by atoms with E-state index in [1.807, 2.05) is 55.5 Å². The number of aryl methyl sites for hydroxylation is 1. The average Bonchev–Trinajstić information content (AvgIpc) is 2.98. The predicted molar refractivity (Wildman–Crippen MR) is 96.7 cm³/mol. The molecule has 1 heterocycles. The lowest BCUT2D eigenvalue weighted by Crippen LogP contribution is -2.04. The fraction of sp³-hybridized carbons (Fsp3) is 0.0476. The van der Waals surface area contributed by atoms with E-state index in [1.165, 1.54) is 6.08 Å².